The van der Waals surface area contributed by atoms with Crippen LogP contribution in [0.15, 0.2) is 36.4 Å². The highest BCUT2D eigenvalue weighted by Gasteiger charge is 2.31. The number of fused-ring (bicyclic) bond motifs is 3. The molecule has 0 radical (unpaired) electrons. The molecule has 0 heterocycles. The smallest absolute Gasteiger partial charge is 0.316 e. The van der Waals surface area contributed by atoms with Crippen LogP contribution in [0.25, 0.3) is 11.1 Å². The summed E-state index contributed by atoms with van der Waals surface area (Å²) >= 11 is 0. The van der Waals surface area contributed by atoms with E-state index in [1.165, 1.54) is 5.56 Å². The topological polar surface area (TPSA) is 52.6 Å². The number of carbonyl (C=O) groups is 2. The molecule has 0 saturated heterocycles. The molecule has 0 N–H and O–H groups in total. The maximum atomic E-state index is 12.6. The van der Waals surface area contributed by atoms with Gasteiger partial charge in [-0.25, -0.2) is 0 Å². The van der Waals surface area contributed by atoms with Gasteiger partial charge in [0.05, 0.1) is 10.8 Å². The molecule has 2 aromatic rings. The van der Waals surface area contributed by atoms with Crippen LogP contribution in [0.4, 0.5) is 0 Å². The van der Waals surface area contributed by atoms with Crippen LogP contribution in [0.5, 0.6) is 11.5 Å². The Morgan fingerprint density at radius 3 is 2.00 bits per heavy atom. The third kappa shape index (κ3) is 3.96. The molecule has 0 amide bonds. The molecule has 28 heavy (non-hydrogen) atoms. The summed E-state index contributed by atoms with van der Waals surface area (Å²) in [6, 6.07) is 11.9. The summed E-state index contributed by atoms with van der Waals surface area (Å²) in [6.07, 6.45) is 1.57. The number of benzene rings is 2. The molecule has 2 aromatic carbocycles. The lowest BCUT2D eigenvalue weighted by Crippen LogP contribution is -2.28. The van der Waals surface area contributed by atoms with Crippen molar-refractivity contribution in [3.05, 3.63) is 47.5 Å². The van der Waals surface area contributed by atoms with Gasteiger partial charge in [-0.2, -0.15) is 0 Å². The number of hydrogen-bond acceptors (Lipinski definition) is 4. The first-order valence-corrected chi connectivity index (χ1v) is 9.67. The molecule has 0 atom stereocenters. The second-order valence-electron chi connectivity index (χ2n) is 9.36. The van der Waals surface area contributed by atoms with Gasteiger partial charge < -0.3 is 9.47 Å². The Labute approximate surface area is 166 Å². The van der Waals surface area contributed by atoms with E-state index >= 15 is 0 Å². The molecule has 0 unspecified atom stereocenters. The number of ether oxygens (including phenoxy) is 2. The maximum Gasteiger partial charge on any atom is 0.316 e. The molecule has 0 bridgehead atoms. The van der Waals surface area contributed by atoms with Crippen molar-refractivity contribution in [2.75, 3.05) is 0 Å². The maximum absolute atomic E-state index is 12.6. The number of aryl methyl sites for hydroxylation is 1. The second kappa shape index (κ2) is 7.08. The van der Waals surface area contributed by atoms with Gasteiger partial charge in [-0.05, 0) is 77.1 Å². The molecule has 148 valence electrons. The lowest BCUT2D eigenvalue weighted by Gasteiger charge is -2.26. The molecular weight excluding hydrogens is 352 g/mol. The van der Waals surface area contributed by atoms with E-state index in [2.05, 4.69) is 12.1 Å². The minimum Gasteiger partial charge on any atom is -0.422 e. The zero-order valence-electron chi connectivity index (χ0n) is 17.5. The van der Waals surface area contributed by atoms with E-state index in [-0.39, 0.29) is 11.9 Å². The second-order valence-corrected chi connectivity index (χ2v) is 9.36. The summed E-state index contributed by atoms with van der Waals surface area (Å²) < 4.78 is 11.5. The lowest BCUT2D eigenvalue weighted by molar-refractivity contribution is -0.145. The van der Waals surface area contributed by atoms with Crippen molar-refractivity contribution in [3.8, 4) is 22.6 Å². The van der Waals surface area contributed by atoms with Gasteiger partial charge in [0.15, 0.2) is 11.5 Å². The Morgan fingerprint density at radius 2 is 1.36 bits per heavy atom. The van der Waals surface area contributed by atoms with E-state index < -0.39 is 10.8 Å². The summed E-state index contributed by atoms with van der Waals surface area (Å²) in [5.74, 6) is -0.0512. The van der Waals surface area contributed by atoms with E-state index in [4.69, 9.17) is 9.47 Å². The standard InChI is InChI=1S/C24H28O4/c1-23(2,3)21(25)27-19-14-13-17-16-10-8-7-9-15(16)11-12-18(17)20(19)28-22(26)24(4,5)6/h7-10,13-14H,11-12H2,1-6H3. The van der Waals surface area contributed by atoms with Gasteiger partial charge in [-0.15, -0.1) is 0 Å². The molecule has 0 saturated carbocycles. The molecule has 4 heteroatoms. The summed E-state index contributed by atoms with van der Waals surface area (Å²) in [6.45, 7) is 10.8. The van der Waals surface area contributed by atoms with E-state index in [1.54, 1.807) is 47.6 Å². The molecule has 0 aliphatic heterocycles. The van der Waals surface area contributed by atoms with Gasteiger partial charge in [-0.3, -0.25) is 9.59 Å². The molecule has 0 aromatic heterocycles. The average molecular weight is 380 g/mol. The van der Waals surface area contributed by atoms with E-state index in [0.29, 0.717) is 11.5 Å². The first kappa shape index (κ1) is 20.1. The van der Waals surface area contributed by atoms with Crippen molar-refractivity contribution in [2.45, 2.75) is 54.4 Å². The molecule has 0 spiro atoms. The Morgan fingerprint density at radius 1 is 0.750 bits per heavy atom. The highest BCUT2D eigenvalue weighted by atomic mass is 16.6. The fourth-order valence-corrected chi connectivity index (χ4v) is 3.06. The number of esters is 2. The van der Waals surface area contributed by atoms with Crippen molar-refractivity contribution in [1.29, 1.82) is 0 Å². The van der Waals surface area contributed by atoms with Gasteiger partial charge in [0.25, 0.3) is 0 Å². The van der Waals surface area contributed by atoms with Crippen molar-refractivity contribution >= 4 is 11.9 Å². The van der Waals surface area contributed by atoms with Crippen molar-refractivity contribution in [1.82, 2.24) is 0 Å². The molecule has 4 nitrogen and oxygen atoms in total. The predicted molar refractivity (Wildman–Crippen MR) is 109 cm³/mol. The number of carbonyl (C=O) groups excluding carboxylic acids is 2. The van der Waals surface area contributed by atoms with Gasteiger partial charge in [-0.1, -0.05) is 30.3 Å². The van der Waals surface area contributed by atoms with E-state index in [1.807, 2.05) is 18.2 Å². The van der Waals surface area contributed by atoms with Crippen LogP contribution in [0.1, 0.15) is 52.7 Å². The van der Waals surface area contributed by atoms with Crippen LogP contribution in [0.2, 0.25) is 0 Å². The molecule has 1 aliphatic carbocycles. The lowest BCUT2D eigenvalue weighted by atomic mass is 9.85. The Bertz CT molecular complexity index is 927. The fourth-order valence-electron chi connectivity index (χ4n) is 3.06. The third-order valence-corrected chi connectivity index (χ3v) is 4.80. The van der Waals surface area contributed by atoms with Crippen LogP contribution < -0.4 is 9.47 Å². The van der Waals surface area contributed by atoms with Crippen LogP contribution in [-0.2, 0) is 22.4 Å². The molecular formula is C24H28O4. The fraction of sp³-hybridized carbons (Fsp3) is 0.417. The summed E-state index contributed by atoms with van der Waals surface area (Å²) in [5, 5.41) is 0. The van der Waals surface area contributed by atoms with Gasteiger partial charge >= 0.3 is 11.9 Å². The minimum absolute atomic E-state index is 0.302. The predicted octanol–water partition coefficient (Wildman–Crippen LogP) is 5.36. The molecule has 0 fully saturated rings. The Hall–Kier alpha value is -2.62. The number of hydrogen-bond donors (Lipinski definition) is 0. The van der Waals surface area contributed by atoms with Gasteiger partial charge in [0, 0.05) is 5.56 Å². The molecule has 1 aliphatic rings. The third-order valence-electron chi connectivity index (χ3n) is 4.80. The van der Waals surface area contributed by atoms with Gasteiger partial charge in [0.2, 0.25) is 0 Å². The van der Waals surface area contributed by atoms with Crippen molar-refractivity contribution in [2.24, 2.45) is 10.8 Å². The molecule has 3 rings (SSSR count). The van der Waals surface area contributed by atoms with Crippen molar-refractivity contribution in [3.63, 3.8) is 0 Å². The first-order valence-electron chi connectivity index (χ1n) is 9.67. The zero-order chi connectivity index (χ0) is 20.7. The average Bonchev–Trinajstić information content (AvgIpc) is 2.61. The normalized spacial score (nSPS) is 13.4. The summed E-state index contributed by atoms with van der Waals surface area (Å²) in [7, 11) is 0. The monoisotopic (exact) mass is 380 g/mol. The van der Waals surface area contributed by atoms with Crippen LogP contribution >= 0.6 is 0 Å². The SMILES string of the molecule is CC(C)(C)C(=O)Oc1ccc2c(c1OC(=O)C(C)(C)C)CCc1ccccc1-2. The Balaban J connectivity index is 2.12. The summed E-state index contributed by atoms with van der Waals surface area (Å²) in [4.78, 5) is 25.1. The Kier molecular flexibility index (Phi) is 5.09. The van der Waals surface area contributed by atoms with Crippen LogP contribution in [-0.4, -0.2) is 11.9 Å². The minimum atomic E-state index is -0.666. The zero-order valence-corrected chi connectivity index (χ0v) is 17.5. The van der Waals surface area contributed by atoms with Crippen LogP contribution in [0.3, 0.4) is 0 Å². The number of rotatable bonds is 2. The van der Waals surface area contributed by atoms with Crippen LogP contribution in [0, 0.1) is 10.8 Å². The highest BCUT2D eigenvalue weighted by Crippen LogP contribution is 2.44. The highest BCUT2D eigenvalue weighted by molar-refractivity contribution is 5.85. The van der Waals surface area contributed by atoms with Gasteiger partial charge in [0.1, 0.15) is 0 Å². The summed E-state index contributed by atoms with van der Waals surface area (Å²) in [5.41, 5.74) is 3.01. The quantitative estimate of drug-likeness (QED) is 0.520. The first-order chi connectivity index (χ1) is 13.0. The van der Waals surface area contributed by atoms with E-state index in [0.717, 1.165) is 29.5 Å². The largest absolute Gasteiger partial charge is 0.422 e. The van der Waals surface area contributed by atoms with E-state index in [9.17, 15) is 9.59 Å². The van der Waals surface area contributed by atoms with Crippen molar-refractivity contribution < 1.29 is 19.1 Å².